The summed E-state index contributed by atoms with van der Waals surface area (Å²) in [6, 6.07) is 3.76. The standard InChI is InChI=1S/C14H5F4NO/c15-11-3-7(14(18)20)1-2-9(11)8-4-12(16)10(6-19)13(17)5-8/h1-5H. The van der Waals surface area contributed by atoms with Gasteiger partial charge in [-0.15, -0.1) is 0 Å². The fraction of sp³-hybridized carbons (Fsp3) is 0. The minimum Gasteiger partial charge on any atom is -0.255 e. The van der Waals surface area contributed by atoms with Gasteiger partial charge in [-0.25, -0.2) is 13.2 Å². The Labute approximate surface area is 110 Å². The molecule has 100 valence electrons. The van der Waals surface area contributed by atoms with E-state index in [0.29, 0.717) is 6.07 Å². The molecule has 0 unspecified atom stereocenters. The fourth-order valence-corrected chi connectivity index (χ4v) is 1.71. The minimum absolute atomic E-state index is 0.158. The van der Waals surface area contributed by atoms with E-state index in [1.54, 1.807) is 0 Å². The minimum atomic E-state index is -1.81. The van der Waals surface area contributed by atoms with Crippen molar-refractivity contribution in [2.24, 2.45) is 0 Å². The van der Waals surface area contributed by atoms with E-state index in [0.717, 1.165) is 24.3 Å². The third-order valence-electron chi connectivity index (χ3n) is 2.66. The molecular weight excluding hydrogens is 274 g/mol. The predicted molar refractivity (Wildman–Crippen MR) is 61.9 cm³/mol. The van der Waals surface area contributed by atoms with Gasteiger partial charge in [0.25, 0.3) is 0 Å². The molecule has 20 heavy (non-hydrogen) atoms. The predicted octanol–water partition coefficient (Wildman–Crippen LogP) is 3.75. The number of halogens is 4. The van der Waals surface area contributed by atoms with Crippen LogP contribution in [0, 0.1) is 28.8 Å². The average molecular weight is 279 g/mol. The first-order valence-corrected chi connectivity index (χ1v) is 5.33. The number of nitriles is 1. The molecule has 0 aliphatic heterocycles. The van der Waals surface area contributed by atoms with Crippen molar-refractivity contribution in [3.8, 4) is 17.2 Å². The Bertz CT molecular complexity index is 726. The van der Waals surface area contributed by atoms with Gasteiger partial charge in [0.05, 0.1) is 5.56 Å². The van der Waals surface area contributed by atoms with Crippen LogP contribution in [0.3, 0.4) is 0 Å². The normalized spacial score (nSPS) is 10.2. The molecule has 0 bridgehead atoms. The summed E-state index contributed by atoms with van der Waals surface area (Å²) in [7, 11) is 0. The van der Waals surface area contributed by atoms with Crippen LogP contribution >= 0.6 is 0 Å². The topological polar surface area (TPSA) is 40.9 Å². The highest BCUT2D eigenvalue weighted by Gasteiger charge is 2.15. The smallest absolute Gasteiger partial charge is 0.255 e. The van der Waals surface area contributed by atoms with Crippen LogP contribution in [0.25, 0.3) is 11.1 Å². The van der Waals surface area contributed by atoms with Crippen LogP contribution in [0.4, 0.5) is 17.6 Å². The molecule has 0 N–H and O–H groups in total. The molecule has 0 aliphatic carbocycles. The molecule has 0 fully saturated rings. The largest absolute Gasteiger partial charge is 0.332 e. The number of hydrogen-bond acceptors (Lipinski definition) is 2. The van der Waals surface area contributed by atoms with Gasteiger partial charge in [0.2, 0.25) is 0 Å². The average Bonchev–Trinajstić information content (AvgIpc) is 2.38. The second kappa shape index (κ2) is 5.13. The number of benzene rings is 2. The van der Waals surface area contributed by atoms with Crippen LogP contribution in [0.5, 0.6) is 0 Å². The molecule has 0 atom stereocenters. The van der Waals surface area contributed by atoms with Crippen molar-refractivity contribution in [3.63, 3.8) is 0 Å². The molecule has 2 nitrogen and oxygen atoms in total. The number of nitrogens with zero attached hydrogens (tertiary/aromatic N) is 1. The highest BCUT2D eigenvalue weighted by atomic mass is 19.1. The Hall–Kier alpha value is -2.68. The van der Waals surface area contributed by atoms with E-state index in [9.17, 15) is 22.4 Å². The molecule has 0 saturated carbocycles. The first-order chi connectivity index (χ1) is 9.43. The molecular formula is C14H5F4NO. The third-order valence-corrected chi connectivity index (χ3v) is 2.66. The molecule has 6 heteroatoms. The van der Waals surface area contributed by atoms with E-state index in [1.807, 2.05) is 0 Å². The van der Waals surface area contributed by atoms with Crippen molar-refractivity contribution >= 4 is 6.04 Å². The summed E-state index contributed by atoms with van der Waals surface area (Å²) in [5, 5.41) is 8.53. The Morgan fingerprint density at radius 1 is 1.00 bits per heavy atom. The summed E-state index contributed by atoms with van der Waals surface area (Å²) in [5.41, 5.74) is -1.64. The number of carbonyl (C=O) groups is 1. The Balaban J connectivity index is 2.58. The second-order valence-electron chi connectivity index (χ2n) is 3.90. The maximum atomic E-state index is 13.7. The van der Waals surface area contributed by atoms with E-state index < -0.39 is 34.6 Å². The summed E-state index contributed by atoms with van der Waals surface area (Å²) in [4.78, 5) is 10.4. The van der Waals surface area contributed by atoms with Gasteiger partial charge >= 0.3 is 6.04 Å². The number of rotatable bonds is 2. The van der Waals surface area contributed by atoms with Gasteiger partial charge in [0.1, 0.15) is 29.1 Å². The lowest BCUT2D eigenvalue weighted by Gasteiger charge is -2.06. The molecule has 0 saturated heterocycles. The van der Waals surface area contributed by atoms with Crippen molar-refractivity contribution < 1.29 is 22.4 Å². The van der Waals surface area contributed by atoms with Gasteiger partial charge in [-0.1, -0.05) is 6.07 Å². The summed E-state index contributed by atoms with van der Waals surface area (Å²) >= 11 is 0. The molecule has 2 aromatic rings. The van der Waals surface area contributed by atoms with E-state index in [1.165, 1.54) is 6.07 Å². The van der Waals surface area contributed by atoms with Crippen LogP contribution in [0.1, 0.15) is 15.9 Å². The Morgan fingerprint density at radius 2 is 1.60 bits per heavy atom. The molecule has 2 rings (SSSR count). The number of carbonyl (C=O) groups excluding carboxylic acids is 1. The van der Waals surface area contributed by atoms with Crippen LogP contribution in [0.2, 0.25) is 0 Å². The van der Waals surface area contributed by atoms with Gasteiger partial charge in [-0.2, -0.15) is 9.65 Å². The van der Waals surface area contributed by atoms with Crippen LogP contribution in [-0.2, 0) is 0 Å². The van der Waals surface area contributed by atoms with Gasteiger partial charge < -0.3 is 0 Å². The van der Waals surface area contributed by atoms with Crippen molar-refractivity contribution in [2.45, 2.75) is 0 Å². The lowest BCUT2D eigenvalue weighted by molar-refractivity contribution is 0.0835. The van der Waals surface area contributed by atoms with Crippen LogP contribution in [-0.4, -0.2) is 6.04 Å². The highest BCUT2D eigenvalue weighted by Crippen LogP contribution is 2.27. The van der Waals surface area contributed by atoms with Crippen LogP contribution < -0.4 is 0 Å². The summed E-state index contributed by atoms with van der Waals surface area (Å²) in [5.74, 6) is -3.27. The first kappa shape index (κ1) is 13.7. The van der Waals surface area contributed by atoms with E-state index >= 15 is 0 Å². The SMILES string of the molecule is N#Cc1c(F)cc(-c2ccc(C(=O)F)cc2F)cc1F. The monoisotopic (exact) mass is 279 g/mol. The molecule has 0 amide bonds. The molecule has 0 aromatic heterocycles. The zero-order chi connectivity index (χ0) is 14.9. The summed E-state index contributed by atoms with van der Waals surface area (Å²) in [6.07, 6.45) is 0. The highest BCUT2D eigenvalue weighted by molar-refractivity contribution is 5.89. The maximum Gasteiger partial charge on any atom is 0.332 e. The summed E-state index contributed by atoms with van der Waals surface area (Å²) < 4.78 is 53.0. The zero-order valence-corrected chi connectivity index (χ0v) is 9.75. The van der Waals surface area contributed by atoms with E-state index in [2.05, 4.69) is 0 Å². The molecule has 0 heterocycles. The molecule has 0 aliphatic rings. The number of hydrogen-bond donors (Lipinski definition) is 0. The quantitative estimate of drug-likeness (QED) is 0.620. The van der Waals surface area contributed by atoms with Gasteiger partial charge in [0.15, 0.2) is 0 Å². The van der Waals surface area contributed by atoms with Crippen molar-refractivity contribution in [1.29, 1.82) is 5.26 Å². The van der Waals surface area contributed by atoms with Crippen molar-refractivity contribution in [1.82, 2.24) is 0 Å². The molecule has 0 radical (unpaired) electrons. The van der Waals surface area contributed by atoms with Gasteiger partial charge in [-0.3, -0.25) is 4.79 Å². The maximum absolute atomic E-state index is 13.7. The third kappa shape index (κ3) is 2.38. The first-order valence-electron chi connectivity index (χ1n) is 5.33. The van der Waals surface area contributed by atoms with E-state index in [4.69, 9.17) is 5.26 Å². The van der Waals surface area contributed by atoms with Gasteiger partial charge in [0, 0.05) is 5.56 Å². The second-order valence-corrected chi connectivity index (χ2v) is 3.90. The van der Waals surface area contributed by atoms with Gasteiger partial charge in [-0.05, 0) is 29.8 Å². The fourth-order valence-electron chi connectivity index (χ4n) is 1.71. The summed E-state index contributed by atoms with van der Waals surface area (Å²) in [6.45, 7) is 0. The Morgan fingerprint density at radius 3 is 2.05 bits per heavy atom. The van der Waals surface area contributed by atoms with E-state index in [-0.39, 0.29) is 11.1 Å². The molecule has 0 spiro atoms. The zero-order valence-electron chi connectivity index (χ0n) is 9.75. The molecule has 2 aromatic carbocycles. The lowest BCUT2D eigenvalue weighted by atomic mass is 10.0. The lowest BCUT2D eigenvalue weighted by Crippen LogP contribution is -1.96. The van der Waals surface area contributed by atoms with Crippen molar-refractivity contribution in [2.75, 3.05) is 0 Å². The van der Waals surface area contributed by atoms with Crippen LogP contribution in [0.15, 0.2) is 30.3 Å². The van der Waals surface area contributed by atoms with Crippen molar-refractivity contribution in [3.05, 3.63) is 58.9 Å². The Kier molecular flexibility index (Phi) is 3.53.